The molecule has 1 radical (unpaired) electrons. The van der Waals surface area contributed by atoms with E-state index in [1.54, 1.807) is 10.9 Å². The molecule has 0 N–H and O–H groups in total. The van der Waals surface area contributed by atoms with Crippen molar-refractivity contribution in [2.45, 2.75) is 19.8 Å². The Morgan fingerprint density at radius 1 is 1.14 bits per heavy atom. The normalized spacial score (nSPS) is 18.0. The van der Waals surface area contributed by atoms with E-state index >= 15 is 0 Å². The quantitative estimate of drug-likeness (QED) is 0.705. The zero-order valence-corrected chi connectivity index (χ0v) is 16.3. The highest BCUT2D eigenvalue weighted by atomic mass is 16.1. The zero-order chi connectivity index (χ0) is 19.1. The monoisotopic (exact) mass is 373 g/mol. The van der Waals surface area contributed by atoms with Gasteiger partial charge in [0.25, 0.3) is 5.56 Å². The van der Waals surface area contributed by atoms with Gasteiger partial charge in [-0.15, -0.1) is 0 Å². The van der Waals surface area contributed by atoms with Crippen LogP contribution in [0.1, 0.15) is 18.4 Å². The van der Waals surface area contributed by atoms with Gasteiger partial charge in [-0.2, -0.15) is 0 Å². The average molecular weight is 373 g/mol. The first kappa shape index (κ1) is 17.4. The molecule has 5 heteroatoms. The van der Waals surface area contributed by atoms with E-state index in [1.807, 2.05) is 37.3 Å². The van der Waals surface area contributed by atoms with Crippen molar-refractivity contribution in [1.29, 1.82) is 0 Å². The second kappa shape index (κ2) is 7.06. The van der Waals surface area contributed by atoms with Crippen LogP contribution in [0.2, 0.25) is 0 Å². The summed E-state index contributed by atoms with van der Waals surface area (Å²) in [5.41, 5.74) is 3.70. The second-order valence-electron chi connectivity index (χ2n) is 8.06. The standard InChI is InChI=1S/C23H25N4O/c1-17-4-2-3-5-22(17)27-16-24-21-9-8-19(14-20(21)23(27)28)26-12-10-25(11-13-26)15-18-6-7-18/h2,4-5,8-9,14,16,18H,6-7,10-13,15H2,1H3. The van der Waals surface area contributed by atoms with Gasteiger partial charge in [-0.1, -0.05) is 12.1 Å². The van der Waals surface area contributed by atoms with Gasteiger partial charge in [-0.3, -0.25) is 14.3 Å². The van der Waals surface area contributed by atoms with Crippen LogP contribution in [0.15, 0.2) is 47.5 Å². The zero-order valence-electron chi connectivity index (χ0n) is 16.3. The lowest BCUT2D eigenvalue weighted by atomic mass is 10.1. The van der Waals surface area contributed by atoms with Crippen molar-refractivity contribution in [2.24, 2.45) is 5.92 Å². The molecule has 1 saturated heterocycles. The maximum atomic E-state index is 13.2. The molecule has 1 saturated carbocycles. The number of anilines is 1. The Morgan fingerprint density at radius 2 is 1.96 bits per heavy atom. The van der Waals surface area contributed by atoms with Gasteiger partial charge in [0.05, 0.1) is 16.6 Å². The Labute approximate surface area is 165 Å². The molecule has 1 aromatic heterocycles. The smallest absolute Gasteiger partial charge is 0.265 e. The summed E-state index contributed by atoms with van der Waals surface area (Å²) in [6, 6.07) is 14.8. The van der Waals surface area contributed by atoms with Gasteiger partial charge in [0, 0.05) is 38.4 Å². The molecule has 3 aromatic rings. The molecular weight excluding hydrogens is 348 g/mol. The summed E-state index contributed by atoms with van der Waals surface area (Å²) in [5, 5.41) is 0.670. The van der Waals surface area contributed by atoms with Gasteiger partial charge in [0.15, 0.2) is 0 Å². The van der Waals surface area contributed by atoms with E-state index in [1.165, 1.54) is 19.4 Å². The fraction of sp³-hybridized carbons (Fsp3) is 0.391. The summed E-state index contributed by atoms with van der Waals surface area (Å²) in [6.07, 6.45) is 4.43. The molecule has 5 nitrogen and oxygen atoms in total. The van der Waals surface area contributed by atoms with Crippen molar-refractivity contribution < 1.29 is 0 Å². The molecule has 0 unspecified atom stereocenters. The van der Waals surface area contributed by atoms with Crippen LogP contribution in [0.4, 0.5) is 5.69 Å². The first-order chi connectivity index (χ1) is 13.7. The summed E-state index contributed by atoms with van der Waals surface area (Å²) in [4.78, 5) is 22.7. The molecule has 2 aromatic carbocycles. The van der Waals surface area contributed by atoms with E-state index in [0.717, 1.165) is 54.6 Å². The first-order valence-corrected chi connectivity index (χ1v) is 10.1. The van der Waals surface area contributed by atoms with Crippen molar-refractivity contribution in [3.63, 3.8) is 0 Å². The fourth-order valence-corrected chi connectivity index (χ4v) is 4.09. The van der Waals surface area contributed by atoms with Gasteiger partial charge < -0.3 is 4.90 Å². The maximum Gasteiger partial charge on any atom is 0.265 e. The van der Waals surface area contributed by atoms with E-state index in [0.29, 0.717) is 5.39 Å². The Bertz CT molecular complexity index is 1060. The molecule has 1 aliphatic heterocycles. The van der Waals surface area contributed by atoms with Crippen LogP contribution in [0, 0.1) is 18.9 Å². The van der Waals surface area contributed by atoms with Gasteiger partial charge >= 0.3 is 0 Å². The number of piperazine rings is 1. The third kappa shape index (κ3) is 3.31. The average Bonchev–Trinajstić information content (AvgIpc) is 3.54. The molecule has 28 heavy (non-hydrogen) atoms. The second-order valence-corrected chi connectivity index (χ2v) is 8.06. The molecule has 2 aliphatic rings. The van der Waals surface area contributed by atoms with E-state index < -0.39 is 0 Å². The van der Waals surface area contributed by atoms with Crippen molar-refractivity contribution in [2.75, 3.05) is 37.6 Å². The van der Waals surface area contributed by atoms with Gasteiger partial charge in [-0.05, 0) is 61.6 Å². The van der Waals surface area contributed by atoms with Crippen LogP contribution >= 0.6 is 0 Å². The fourth-order valence-electron chi connectivity index (χ4n) is 4.09. The van der Waals surface area contributed by atoms with Crippen molar-refractivity contribution in [3.8, 4) is 5.69 Å². The van der Waals surface area contributed by atoms with Crippen LogP contribution < -0.4 is 10.5 Å². The van der Waals surface area contributed by atoms with E-state index in [9.17, 15) is 4.79 Å². The first-order valence-electron chi connectivity index (χ1n) is 10.1. The van der Waals surface area contributed by atoms with Crippen molar-refractivity contribution in [3.05, 3.63) is 64.7 Å². The number of rotatable bonds is 4. The molecule has 2 fully saturated rings. The molecule has 2 heterocycles. The SMILES string of the molecule is Cc1cc[c]cc1-n1cnc2ccc(N3CCN(CC4CC4)CC3)cc2c1=O. The molecule has 143 valence electrons. The minimum absolute atomic E-state index is 0.0260. The van der Waals surface area contributed by atoms with Crippen LogP contribution in [0.5, 0.6) is 0 Å². The number of aromatic nitrogens is 2. The lowest BCUT2D eigenvalue weighted by Crippen LogP contribution is -2.47. The highest BCUT2D eigenvalue weighted by molar-refractivity contribution is 5.82. The number of nitrogens with zero attached hydrogens (tertiary/aromatic N) is 4. The summed E-state index contributed by atoms with van der Waals surface area (Å²) >= 11 is 0. The molecule has 0 amide bonds. The summed E-state index contributed by atoms with van der Waals surface area (Å²) in [5.74, 6) is 0.940. The Hall–Kier alpha value is -2.66. The Kier molecular flexibility index (Phi) is 4.40. The maximum absolute atomic E-state index is 13.2. The molecule has 0 atom stereocenters. The van der Waals surface area contributed by atoms with Gasteiger partial charge in [-0.25, -0.2) is 4.98 Å². The van der Waals surface area contributed by atoms with Crippen molar-refractivity contribution in [1.82, 2.24) is 14.5 Å². The lowest BCUT2D eigenvalue weighted by molar-refractivity contribution is 0.248. The third-order valence-corrected chi connectivity index (χ3v) is 6.01. The van der Waals surface area contributed by atoms with Crippen molar-refractivity contribution >= 4 is 16.6 Å². The Morgan fingerprint density at radius 3 is 2.71 bits per heavy atom. The van der Waals surface area contributed by atoms with Gasteiger partial charge in [0.2, 0.25) is 0 Å². The summed E-state index contributed by atoms with van der Waals surface area (Å²) in [7, 11) is 0. The molecule has 0 bridgehead atoms. The molecular formula is C23H25N4O. The highest BCUT2D eigenvalue weighted by Crippen LogP contribution is 2.30. The summed E-state index contributed by atoms with van der Waals surface area (Å²) in [6.45, 7) is 7.49. The predicted octanol–water partition coefficient (Wildman–Crippen LogP) is 3.03. The molecule has 5 rings (SSSR count). The van der Waals surface area contributed by atoms with E-state index in [4.69, 9.17) is 0 Å². The minimum Gasteiger partial charge on any atom is -0.369 e. The number of aryl methyl sites for hydroxylation is 1. The van der Waals surface area contributed by atoms with Crippen LogP contribution in [0.25, 0.3) is 16.6 Å². The number of benzene rings is 2. The van der Waals surface area contributed by atoms with E-state index in [2.05, 4.69) is 26.9 Å². The number of hydrogen-bond donors (Lipinski definition) is 0. The Balaban J connectivity index is 1.44. The third-order valence-electron chi connectivity index (χ3n) is 6.01. The number of hydrogen-bond acceptors (Lipinski definition) is 4. The van der Waals surface area contributed by atoms with Crippen LogP contribution in [0.3, 0.4) is 0 Å². The number of fused-ring (bicyclic) bond motifs is 1. The predicted molar refractivity (Wildman–Crippen MR) is 112 cm³/mol. The van der Waals surface area contributed by atoms with Crippen LogP contribution in [-0.4, -0.2) is 47.2 Å². The molecule has 1 aliphatic carbocycles. The minimum atomic E-state index is -0.0260. The van der Waals surface area contributed by atoms with Gasteiger partial charge in [0.1, 0.15) is 6.33 Å². The van der Waals surface area contributed by atoms with Crippen LogP contribution in [-0.2, 0) is 0 Å². The lowest BCUT2D eigenvalue weighted by Gasteiger charge is -2.36. The topological polar surface area (TPSA) is 41.4 Å². The summed E-state index contributed by atoms with van der Waals surface area (Å²) < 4.78 is 1.63. The largest absolute Gasteiger partial charge is 0.369 e. The highest BCUT2D eigenvalue weighted by Gasteiger charge is 2.26. The van der Waals surface area contributed by atoms with E-state index in [-0.39, 0.29) is 5.56 Å². The molecule has 0 spiro atoms.